The Labute approximate surface area is 105 Å². The fourth-order valence-corrected chi connectivity index (χ4v) is 4.03. The van der Waals surface area contributed by atoms with Crippen LogP contribution in [0.3, 0.4) is 0 Å². The van der Waals surface area contributed by atoms with Crippen LogP contribution in [0.4, 0.5) is 0 Å². The molecule has 2 unspecified atom stereocenters. The maximum Gasteiger partial charge on any atom is 0.0375 e. The molecule has 17 heavy (non-hydrogen) atoms. The molecular weight excluding hydrogens is 210 g/mol. The number of rotatable bonds is 3. The molecule has 4 fully saturated rings. The van der Waals surface area contributed by atoms with Crippen LogP contribution in [0.5, 0.6) is 0 Å². The van der Waals surface area contributed by atoms with Crippen LogP contribution in [0.25, 0.3) is 0 Å². The van der Waals surface area contributed by atoms with Gasteiger partial charge in [0.1, 0.15) is 0 Å². The molecule has 2 N–H and O–H groups in total. The zero-order chi connectivity index (χ0) is 11.7. The lowest BCUT2D eigenvalue weighted by Gasteiger charge is -2.50. The minimum Gasteiger partial charge on any atom is -0.326 e. The van der Waals surface area contributed by atoms with E-state index in [1.165, 1.54) is 71.2 Å². The summed E-state index contributed by atoms with van der Waals surface area (Å²) in [5.41, 5.74) is 6.50. The zero-order valence-corrected chi connectivity index (χ0v) is 11.0. The Kier molecular flexibility index (Phi) is 3.69. The number of hydrogen-bond acceptors (Lipinski definition) is 3. The van der Waals surface area contributed by atoms with Crippen molar-refractivity contribution in [1.29, 1.82) is 0 Å². The van der Waals surface area contributed by atoms with Crippen molar-refractivity contribution in [3.8, 4) is 0 Å². The van der Waals surface area contributed by atoms with Crippen LogP contribution in [0.1, 0.15) is 38.5 Å². The van der Waals surface area contributed by atoms with Gasteiger partial charge in [0.25, 0.3) is 0 Å². The Balaban J connectivity index is 1.53. The normalized spacial score (nSPS) is 40.4. The Morgan fingerprint density at radius 1 is 1.00 bits per heavy atom. The summed E-state index contributed by atoms with van der Waals surface area (Å²) in [6.45, 7) is 6.28. The number of nitrogens with two attached hydrogens (primary N) is 1. The Bertz CT molecular complexity index is 242. The summed E-state index contributed by atoms with van der Waals surface area (Å²) < 4.78 is 0. The van der Waals surface area contributed by atoms with Gasteiger partial charge in [0.15, 0.2) is 0 Å². The van der Waals surface area contributed by atoms with Crippen molar-refractivity contribution in [1.82, 2.24) is 9.80 Å². The molecular formula is C14H27N3. The summed E-state index contributed by atoms with van der Waals surface area (Å²) in [6, 6.07) is 1.07. The van der Waals surface area contributed by atoms with E-state index in [9.17, 15) is 0 Å². The Hall–Kier alpha value is -0.120. The van der Waals surface area contributed by atoms with Crippen LogP contribution in [0, 0.1) is 5.92 Å². The molecule has 1 saturated carbocycles. The Morgan fingerprint density at radius 3 is 2.29 bits per heavy atom. The van der Waals surface area contributed by atoms with Gasteiger partial charge >= 0.3 is 0 Å². The smallest absolute Gasteiger partial charge is 0.0375 e. The molecule has 1 aliphatic carbocycles. The average Bonchev–Trinajstić information content (AvgIpc) is 2.41. The van der Waals surface area contributed by atoms with Crippen LogP contribution in [-0.4, -0.2) is 54.6 Å². The second-order valence-electron chi connectivity index (χ2n) is 6.31. The molecule has 3 aliphatic heterocycles. The number of hydrogen-bond donors (Lipinski definition) is 1. The number of nitrogens with zero attached hydrogens (tertiary/aromatic N) is 2. The highest BCUT2D eigenvalue weighted by Crippen LogP contribution is 2.29. The van der Waals surface area contributed by atoms with E-state index in [0.29, 0.717) is 12.1 Å². The quantitative estimate of drug-likeness (QED) is 0.803. The van der Waals surface area contributed by atoms with E-state index in [4.69, 9.17) is 5.73 Å². The van der Waals surface area contributed by atoms with E-state index >= 15 is 0 Å². The van der Waals surface area contributed by atoms with E-state index < -0.39 is 0 Å². The third kappa shape index (κ3) is 2.67. The summed E-state index contributed by atoms with van der Waals surface area (Å²) in [5, 5.41) is 0. The molecule has 3 heteroatoms. The highest BCUT2D eigenvalue weighted by atomic mass is 15.3. The molecule has 4 rings (SSSR count). The van der Waals surface area contributed by atoms with E-state index in [1.54, 1.807) is 0 Å². The maximum absolute atomic E-state index is 6.50. The first kappa shape index (κ1) is 11.9. The standard InChI is InChI=1S/C14H27N3/c15-13(10-12-4-2-1-3-5-12)14-11-16-6-8-17(14)9-7-16/h12-14H,1-11,15H2. The van der Waals surface area contributed by atoms with Gasteiger partial charge in [0.05, 0.1) is 0 Å². The summed E-state index contributed by atoms with van der Waals surface area (Å²) >= 11 is 0. The summed E-state index contributed by atoms with van der Waals surface area (Å²) in [7, 11) is 0. The highest BCUT2D eigenvalue weighted by Gasteiger charge is 2.35. The van der Waals surface area contributed by atoms with Crippen molar-refractivity contribution in [3.05, 3.63) is 0 Å². The fraction of sp³-hybridized carbons (Fsp3) is 1.00. The van der Waals surface area contributed by atoms with Gasteiger partial charge in [0, 0.05) is 44.8 Å². The van der Waals surface area contributed by atoms with Crippen molar-refractivity contribution < 1.29 is 0 Å². The lowest BCUT2D eigenvalue weighted by molar-refractivity contribution is -0.00146. The van der Waals surface area contributed by atoms with Crippen LogP contribution in [0.2, 0.25) is 0 Å². The van der Waals surface area contributed by atoms with Gasteiger partial charge in [-0.2, -0.15) is 0 Å². The molecule has 0 aromatic rings. The lowest BCUT2D eigenvalue weighted by Crippen LogP contribution is -2.65. The van der Waals surface area contributed by atoms with Crippen molar-refractivity contribution in [2.24, 2.45) is 11.7 Å². The van der Waals surface area contributed by atoms with E-state index in [1.807, 2.05) is 0 Å². The molecule has 0 radical (unpaired) electrons. The van der Waals surface area contributed by atoms with Crippen molar-refractivity contribution >= 4 is 0 Å². The van der Waals surface area contributed by atoms with E-state index in [0.717, 1.165) is 5.92 Å². The predicted molar refractivity (Wildman–Crippen MR) is 71.0 cm³/mol. The first-order valence-electron chi connectivity index (χ1n) is 7.55. The first-order chi connectivity index (χ1) is 8.33. The molecule has 3 saturated heterocycles. The second-order valence-corrected chi connectivity index (χ2v) is 6.31. The van der Waals surface area contributed by atoms with Crippen LogP contribution >= 0.6 is 0 Å². The van der Waals surface area contributed by atoms with Gasteiger partial charge in [-0.3, -0.25) is 9.80 Å². The fourth-order valence-electron chi connectivity index (χ4n) is 4.03. The van der Waals surface area contributed by atoms with Gasteiger partial charge in [-0.25, -0.2) is 0 Å². The predicted octanol–water partition coefficient (Wildman–Crippen LogP) is 1.28. The topological polar surface area (TPSA) is 32.5 Å². The minimum absolute atomic E-state index is 0.418. The van der Waals surface area contributed by atoms with Crippen LogP contribution < -0.4 is 5.73 Å². The van der Waals surface area contributed by atoms with Crippen molar-refractivity contribution in [2.75, 3.05) is 32.7 Å². The van der Waals surface area contributed by atoms with Crippen molar-refractivity contribution in [3.63, 3.8) is 0 Å². The maximum atomic E-state index is 6.50. The molecule has 2 bridgehead atoms. The van der Waals surface area contributed by atoms with Gasteiger partial charge in [-0.05, 0) is 12.3 Å². The van der Waals surface area contributed by atoms with Crippen LogP contribution in [-0.2, 0) is 0 Å². The number of piperazine rings is 3. The van der Waals surface area contributed by atoms with Crippen LogP contribution in [0.15, 0.2) is 0 Å². The number of fused-ring (bicyclic) bond motifs is 3. The van der Waals surface area contributed by atoms with E-state index in [-0.39, 0.29) is 0 Å². The van der Waals surface area contributed by atoms with Gasteiger partial charge in [0.2, 0.25) is 0 Å². The molecule has 2 atom stereocenters. The summed E-state index contributed by atoms with van der Waals surface area (Å²) in [6.07, 6.45) is 8.48. The van der Waals surface area contributed by atoms with Gasteiger partial charge < -0.3 is 5.73 Å². The third-order valence-corrected chi connectivity index (χ3v) is 5.15. The first-order valence-corrected chi connectivity index (χ1v) is 7.55. The molecule has 4 aliphatic rings. The molecule has 3 nitrogen and oxygen atoms in total. The molecule has 0 aromatic carbocycles. The summed E-state index contributed by atoms with van der Waals surface area (Å²) in [4.78, 5) is 5.25. The van der Waals surface area contributed by atoms with Crippen molar-refractivity contribution in [2.45, 2.75) is 50.6 Å². The minimum atomic E-state index is 0.418. The summed E-state index contributed by atoms with van der Waals surface area (Å²) in [5.74, 6) is 0.926. The SMILES string of the molecule is NC(CC1CCCCC1)C1CN2CCN1CC2. The molecule has 0 spiro atoms. The van der Waals surface area contributed by atoms with Gasteiger partial charge in [-0.1, -0.05) is 32.1 Å². The average molecular weight is 237 g/mol. The molecule has 98 valence electrons. The molecule has 3 heterocycles. The molecule has 0 amide bonds. The second kappa shape index (κ2) is 5.25. The van der Waals surface area contributed by atoms with Gasteiger partial charge in [-0.15, -0.1) is 0 Å². The Morgan fingerprint density at radius 2 is 1.71 bits per heavy atom. The largest absolute Gasteiger partial charge is 0.326 e. The van der Waals surface area contributed by atoms with E-state index in [2.05, 4.69) is 9.80 Å². The lowest BCUT2D eigenvalue weighted by atomic mass is 9.82. The zero-order valence-electron chi connectivity index (χ0n) is 11.0. The third-order valence-electron chi connectivity index (χ3n) is 5.15. The monoisotopic (exact) mass is 237 g/mol. The molecule has 0 aromatic heterocycles. The highest BCUT2D eigenvalue weighted by molar-refractivity contribution is 4.94.